The highest BCUT2D eigenvalue weighted by Gasteiger charge is 2.16. The van der Waals surface area contributed by atoms with E-state index in [1.165, 1.54) is 0 Å². The molecule has 0 fully saturated rings. The topological polar surface area (TPSA) is 60.2 Å². The molecule has 0 aliphatic carbocycles. The molecule has 0 unspecified atom stereocenters. The third-order valence-electron chi connectivity index (χ3n) is 2.98. The molecular formula is C14H20N4O. The predicted octanol–water partition coefficient (Wildman–Crippen LogP) is 1.57. The van der Waals surface area contributed by atoms with Crippen LogP contribution in [-0.2, 0) is 4.79 Å². The minimum Gasteiger partial charge on any atom is -0.349 e. The summed E-state index contributed by atoms with van der Waals surface area (Å²) in [6.07, 6.45) is 0. The molecule has 0 bridgehead atoms. The number of likely N-dealkylation sites (N-methyl/N-ethyl adjacent to an activating group) is 2. The number of hydrogen-bond donors (Lipinski definition) is 0. The van der Waals surface area contributed by atoms with Crippen LogP contribution in [0.4, 0.5) is 5.82 Å². The Morgan fingerprint density at radius 3 is 2.53 bits per heavy atom. The molecule has 5 heteroatoms. The lowest BCUT2D eigenvalue weighted by molar-refractivity contribution is -0.129. The molecule has 0 spiro atoms. The molecule has 0 saturated heterocycles. The molecule has 0 aliphatic heterocycles. The second-order valence-electron chi connectivity index (χ2n) is 4.36. The van der Waals surface area contributed by atoms with E-state index >= 15 is 0 Å². The highest BCUT2D eigenvalue weighted by atomic mass is 16.2. The molecule has 1 rings (SSSR count). The van der Waals surface area contributed by atoms with Crippen molar-refractivity contribution in [1.29, 1.82) is 5.26 Å². The Balaban J connectivity index is 2.89. The highest BCUT2D eigenvalue weighted by Crippen LogP contribution is 2.16. The number of nitriles is 1. The number of hydrogen-bond acceptors (Lipinski definition) is 4. The Kier molecular flexibility index (Phi) is 5.31. The van der Waals surface area contributed by atoms with Crippen molar-refractivity contribution in [1.82, 2.24) is 9.88 Å². The van der Waals surface area contributed by atoms with E-state index < -0.39 is 0 Å². The van der Waals surface area contributed by atoms with E-state index in [9.17, 15) is 4.79 Å². The van der Waals surface area contributed by atoms with Crippen LogP contribution in [0.15, 0.2) is 12.1 Å². The molecule has 0 atom stereocenters. The zero-order valence-electron chi connectivity index (χ0n) is 12.0. The first-order valence-corrected chi connectivity index (χ1v) is 6.40. The number of anilines is 1. The van der Waals surface area contributed by atoms with E-state index in [-0.39, 0.29) is 12.5 Å². The average molecular weight is 260 g/mol. The molecular weight excluding hydrogens is 240 g/mol. The summed E-state index contributed by atoms with van der Waals surface area (Å²) in [7, 11) is 1.78. The van der Waals surface area contributed by atoms with Crippen molar-refractivity contribution in [3.05, 3.63) is 23.4 Å². The molecule has 19 heavy (non-hydrogen) atoms. The van der Waals surface area contributed by atoms with E-state index in [2.05, 4.69) is 11.1 Å². The van der Waals surface area contributed by atoms with Gasteiger partial charge in [0.15, 0.2) is 0 Å². The number of amides is 1. The van der Waals surface area contributed by atoms with Gasteiger partial charge in [-0.1, -0.05) is 0 Å². The fourth-order valence-electron chi connectivity index (χ4n) is 1.88. The third kappa shape index (κ3) is 3.68. The molecule has 0 N–H and O–H groups in total. The minimum absolute atomic E-state index is 0.0414. The maximum absolute atomic E-state index is 12.0. The van der Waals surface area contributed by atoms with E-state index in [1.807, 2.05) is 20.8 Å². The van der Waals surface area contributed by atoms with Crippen molar-refractivity contribution in [3.8, 4) is 6.07 Å². The Morgan fingerprint density at radius 2 is 2.00 bits per heavy atom. The van der Waals surface area contributed by atoms with Crippen molar-refractivity contribution < 1.29 is 4.79 Å². The van der Waals surface area contributed by atoms with Crippen LogP contribution in [0.25, 0.3) is 0 Å². The Bertz CT molecular complexity index is 489. The maximum Gasteiger partial charge on any atom is 0.242 e. The van der Waals surface area contributed by atoms with Gasteiger partial charge in [0, 0.05) is 25.8 Å². The number of aryl methyl sites for hydroxylation is 1. The first kappa shape index (κ1) is 15.0. The Hall–Kier alpha value is -2.09. The zero-order valence-corrected chi connectivity index (χ0v) is 12.0. The Labute approximate surface area is 114 Å². The minimum atomic E-state index is 0.0414. The summed E-state index contributed by atoms with van der Waals surface area (Å²) in [6, 6.07) is 5.63. The van der Waals surface area contributed by atoms with Gasteiger partial charge in [0.05, 0.1) is 12.1 Å². The number of aromatic nitrogens is 1. The fraction of sp³-hybridized carbons (Fsp3) is 0.500. The second kappa shape index (κ2) is 6.74. The van der Waals surface area contributed by atoms with Crippen molar-refractivity contribution in [2.45, 2.75) is 20.8 Å². The molecule has 0 aromatic carbocycles. The summed E-state index contributed by atoms with van der Waals surface area (Å²) >= 11 is 0. The highest BCUT2D eigenvalue weighted by molar-refractivity contribution is 5.81. The maximum atomic E-state index is 12.0. The smallest absolute Gasteiger partial charge is 0.242 e. The monoisotopic (exact) mass is 260 g/mol. The number of carbonyl (C=O) groups is 1. The number of rotatable bonds is 5. The number of carbonyl (C=O) groups excluding carboxylic acids is 1. The van der Waals surface area contributed by atoms with Gasteiger partial charge in [-0.2, -0.15) is 5.26 Å². The van der Waals surface area contributed by atoms with Crippen LogP contribution >= 0.6 is 0 Å². The third-order valence-corrected chi connectivity index (χ3v) is 2.98. The summed E-state index contributed by atoms with van der Waals surface area (Å²) < 4.78 is 0. The molecule has 0 saturated carbocycles. The molecule has 102 valence electrons. The molecule has 0 radical (unpaired) electrons. The molecule has 1 aromatic heterocycles. The van der Waals surface area contributed by atoms with Crippen LogP contribution in [-0.4, -0.2) is 42.5 Å². The van der Waals surface area contributed by atoms with E-state index in [0.29, 0.717) is 24.5 Å². The lowest BCUT2D eigenvalue weighted by Gasteiger charge is -2.24. The van der Waals surface area contributed by atoms with E-state index in [1.54, 1.807) is 29.0 Å². The predicted molar refractivity (Wildman–Crippen MR) is 74.9 cm³/mol. The van der Waals surface area contributed by atoms with Gasteiger partial charge in [-0.05, 0) is 32.9 Å². The number of pyridine rings is 1. The van der Waals surface area contributed by atoms with Crippen molar-refractivity contribution >= 4 is 11.7 Å². The van der Waals surface area contributed by atoms with Gasteiger partial charge in [0.25, 0.3) is 0 Å². The molecule has 5 nitrogen and oxygen atoms in total. The molecule has 1 heterocycles. The van der Waals surface area contributed by atoms with Gasteiger partial charge >= 0.3 is 0 Å². The van der Waals surface area contributed by atoms with Crippen LogP contribution in [0.2, 0.25) is 0 Å². The lowest BCUT2D eigenvalue weighted by atomic mass is 10.2. The van der Waals surface area contributed by atoms with Gasteiger partial charge in [-0.15, -0.1) is 0 Å². The van der Waals surface area contributed by atoms with Crippen LogP contribution < -0.4 is 4.90 Å². The summed E-state index contributed by atoms with van der Waals surface area (Å²) in [5, 5.41) is 9.08. The van der Waals surface area contributed by atoms with Gasteiger partial charge in [-0.25, -0.2) is 4.98 Å². The van der Waals surface area contributed by atoms with Gasteiger partial charge in [0.2, 0.25) is 5.91 Å². The SMILES string of the molecule is CCN(CC)C(=O)CN(C)c1nc(C)ccc1C#N. The molecule has 0 aliphatic rings. The first-order valence-electron chi connectivity index (χ1n) is 6.40. The Morgan fingerprint density at radius 1 is 1.37 bits per heavy atom. The standard InChI is InChI=1S/C14H20N4O/c1-5-18(6-2)13(19)10-17(4)14-12(9-15)8-7-11(3)16-14/h7-8H,5-6,10H2,1-4H3. The second-order valence-corrected chi connectivity index (χ2v) is 4.36. The van der Waals surface area contributed by atoms with Crippen LogP contribution in [0, 0.1) is 18.3 Å². The summed E-state index contributed by atoms with van der Waals surface area (Å²) in [4.78, 5) is 19.9. The average Bonchev–Trinajstić information content (AvgIpc) is 2.40. The summed E-state index contributed by atoms with van der Waals surface area (Å²) in [5.74, 6) is 0.600. The largest absolute Gasteiger partial charge is 0.349 e. The van der Waals surface area contributed by atoms with Crippen LogP contribution in [0.5, 0.6) is 0 Å². The van der Waals surface area contributed by atoms with Crippen molar-refractivity contribution in [2.24, 2.45) is 0 Å². The van der Waals surface area contributed by atoms with Crippen molar-refractivity contribution in [3.63, 3.8) is 0 Å². The van der Waals surface area contributed by atoms with Gasteiger partial charge in [-0.3, -0.25) is 4.79 Å². The van der Waals surface area contributed by atoms with Gasteiger partial charge < -0.3 is 9.80 Å². The van der Waals surface area contributed by atoms with Crippen LogP contribution in [0.3, 0.4) is 0 Å². The molecule has 1 amide bonds. The zero-order chi connectivity index (χ0) is 14.4. The van der Waals surface area contributed by atoms with E-state index in [0.717, 1.165) is 5.69 Å². The fourth-order valence-corrected chi connectivity index (χ4v) is 1.88. The van der Waals surface area contributed by atoms with Crippen molar-refractivity contribution in [2.75, 3.05) is 31.6 Å². The van der Waals surface area contributed by atoms with Gasteiger partial charge in [0.1, 0.15) is 11.9 Å². The summed E-state index contributed by atoms with van der Waals surface area (Å²) in [6.45, 7) is 7.38. The summed E-state index contributed by atoms with van der Waals surface area (Å²) in [5.41, 5.74) is 1.32. The molecule has 1 aromatic rings. The lowest BCUT2D eigenvalue weighted by Crippen LogP contribution is -2.39. The first-order chi connectivity index (χ1) is 9.03. The van der Waals surface area contributed by atoms with E-state index in [4.69, 9.17) is 5.26 Å². The van der Waals surface area contributed by atoms with Crippen LogP contribution in [0.1, 0.15) is 25.1 Å². The quantitative estimate of drug-likeness (QED) is 0.806. The normalized spacial score (nSPS) is 9.84. The number of nitrogens with zero attached hydrogens (tertiary/aromatic N) is 4.